The molecule has 1 aliphatic rings. The molecule has 3 rings (SSSR count). The van der Waals surface area contributed by atoms with Crippen LogP contribution in [-0.2, 0) is 12.8 Å². The SMILES string of the molecule is CC(NC(=O)NC1CCc2ccccc2C1)c1nccs1. The third kappa shape index (κ3) is 3.42. The summed E-state index contributed by atoms with van der Waals surface area (Å²) in [6.07, 6.45) is 4.70. The second-order valence-electron chi connectivity index (χ2n) is 5.42. The number of amides is 2. The first-order chi connectivity index (χ1) is 10.2. The predicted molar refractivity (Wildman–Crippen MR) is 84.5 cm³/mol. The Labute approximate surface area is 128 Å². The van der Waals surface area contributed by atoms with Gasteiger partial charge in [0, 0.05) is 17.6 Å². The molecule has 2 N–H and O–H groups in total. The molecule has 2 aromatic rings. The van der Waals surface area contributed by atoms with Crippen LogP contribution in [0.3, 0.4) is 0 Å². The van der Waals surface area contributed by atoms with Crippen molar-refractivity contribution in [2.45, 2.75) is 38.3 Å². The summed E-state index contributed by atoms with van der Waals surface area (Å²) in [5.74, 6) is 0. The highest BCUT2D eigenvalue weighted by atomic mass is 32.1. The molecule has 0 bridgehead atoms. The summed E-state index contributed by atoms with van der Waals surface area (Å²) in [5.41, 5.74) is 2.76. The molecule has 110 valence electrons. The van der Waals surface area contributed by atoms with Gasteiger partial charge in [-0.25, -0.2) is 9.78 Å². The lowest BCUT2D eigenvalue weighted by molar-refractivity contribution is 0.232. The van der Waals surface area contributed by atoms with E-state index in [0.717, 1.165) is 24.3 Å². The molecule has 0 saturated heterocycles. The Kier molecular flexibility index (Phi) is 4.20. The summed E-state index contributed by atoms with van der Waals surface area (Å²) < 4.78 is 0. The van der Waals surface area contributed by atoms with Crippen LogP contribution in [0.1, 0.15) is 35.5 Å². The summed E-state index contributed by atoms with van der Waals surface area (Å²) in [5, 5.41) is 8.88. The number of hydrogen-bond donors (Lipinski definition) is 2. The molecule has 1 aliphatic carbocycles. The van der Waals surface area contributed by atoms with Gasteiger partial charge in [0.05, 0.1) is 6.04 Å². The number of hydrogen-bond acceptors (Lipinski definition) is 3. The summed E-state index contributed by atoms with van der Waals surface area (Å²) in [6, 6.07) is 8.52. The van der Waals surface area contributed by atoms with Gasteiger partial charge >= 0.3 is 6.03 Å². The zero-order valence-electron chi connectivity index (χ0n) is 12.0. The number of rotatable bonds is 3. The van der Waals surface area contributed by atoms with Crippen LogP contribution >= 0.6 is 11.3 Å². The smallest absolute Gasteiger partial charge is 0.315 e. The molecule has 2 unspecified atom stereocenters. The summed E-state index contributed by atoms with van der Waals surface area (Å²) in [7, 11) is 0. The maximum absolute atomic E-state index is 12.1. The van der Waals surface area contributed by atoms with Crippen molar-refractivity contribution >= 4 is 17.4 Å². The molecule has 1 aromatic carbocycles. The van der Waals surface area contributed by atoms with Crippen molar-refractivity contribution in [2.75, 3.05) is 0 Å². The van der Waals surface area contributed by atoms with Gasteiger partial charge in [-0.05, 0) is 37.3 Å². The molecule has 21 heavy (non-hydrogen) atoms. The van der Waals surface area contributed by atoms with E-state index in [4.69, 9.17) is 0 Å². The molecule has 2 atom stereocenters. The normalized spacial score (nSPS) is 18.6. The van der Waals surface area contributed by atoms with Gasteiger partial charge in [-0.1, -0.05) is 24.3 Å². The largest absolute Gasteiger partial charge is 0.335 e. The highest BCUT2D eigenvalue weighted by molar-refractivity contribution is 7.09. The minimum Gasteiger partial charge on any atom is -0.335 e. The van der Waals surface area contributed by atoms with Crippen LogP contribution in [0.4, 0.5) is 4.79 Å². The highest BCUT2D eigenvalue weighted by Crippen LogP contribution is 2.21. The lowest BCUT2D eigenvalue weighted by Gasteiger charge is -2.26. The molecule has 4 nitrogen and oxygen atoms in total. The maximum atomic E-state index is 12.1. The van der Waals surface area contributed by atoms with Gasteiger partial charge < -0.3 is 10.6 Å². The molecule has 0 spiro atoms. The number of nitrogens with one attached hydrogen (secondary N) is 2. The van der Waals surface area contributed by atoms with Gasteiger partial charge in [0.2, 0.25) is 0 Å². The van der Waals surface area contributed by atoms with Gasteiger partial charge in [-0.3, -0.25) is 0 Å². The summed E-state index contributed by atoms with van der Waals surface area (Å²) >= 11 is 1.56. The van der Waals surface area contributed by atoms with Crippen LogP contribution < -0.4 is 10.6 Å². The van der Waals surface area contributed by atoms with Crippen LogP contribution in [0.2, 0.25) is 0 Å². The Balaban J connectivity index is 1.54. The fourth-order valence-corrected chi connectivity index (χ4v) is 3.40. The van der Waals surface area contributed by atoms with Gasteiger partial charge in [0.15, 0.2) is 0 Å². The van der Waals surface area contributed by atoms with Crippen molar-refractivity contribution in [1.82, 2.24) is 15.6 Å². The molecule has 0 saturated carbocycles. The summed E-state index contributed by atoms with van der Waals surface area (Å²) in [4.78, 5) is 16.3. The van der Waals surface area contributed by atoms with Crippen LogP contribution in [-0.4, -0.2) is 17.1 Å². The average Bonchev–Trinajstić information content (AvgIpc) is 3.01. The highest BCUT2D eigenvalue weighted by Gasteiger charge is 2.20. The quantitative estimate of drug-likeness (QED) is 0.915. The molecule has 0 fully saturated rings. The monoisotopic (exact) mass is 301 g/mol. The van der Waals surface area contributed by atoms with E-state index < -0.39 is 0 Å². The number of fused-ring (bicyclic) bond motifs is 1. The van der Waals surface area contributed by atoms with Gasteiger partial charge in [-0.2, -0.15) is 0 Å². The molecule has 1 aromatic heterocycles. The van der Waals surface area contributed by atoms with Gasteiger partial charge in [0.1, 0.15) is 5.01 Å². The Hall–Kier alpha value is -1.88. The van der Waals surface area contributed by atoms with E-state index in [1.807, 2.05) is 12.3 Å². The zero-order chi connectivity index (χ0) is 14.7. The van der Waals surface area contributed by atoms with Crippen LogP contribution in [0.5, 0.6) is 0 Å². The molecule has 5 heteroatoms. The molecule has 0 aliphatic heterocycles. The Morgan fingerprint density at radius 2 is 2.19 bits per heavy atom. The number of nitrogens with zero attached hydrogens (tertiary/aromatic N) is 1. The van der Waals surface area contributed by atoms with E-state index >= 15 is 0 Å². The number of benzene rings is 1. The van der Waals surface area contributed by atoms with Gasteiger partial charge in [-0.15, -0.1) is 11.3 Å². The van der Waals surface area contributed by atoms with Crippen molar-refractivity contribution in [3.8, 4) is 0 Å². The first kappa shape index (κ1) is 14.1. The van der Waals surface area contributed by atoms with Gasteiger partial charge in [0.25, 0.3) is 0 Å². The third-order valence-corrected chi connectivity index (χ3v) is 4.81. The Morgan fingerprint density at radius 1 is 1.38 bits per heavy atom. The lowest BCUT2D eigenvalue weighted by Crippen LogP contribution is -2.45. The molecule has 2 amide bonds. The van der Waals surface area contributed by atoms with Crippen molar-refractivity contribution in [3.63, 3.8) is 0 Å². The van der Waals surface area contributed by atoms with Crippen LogP contribution in [0.25, 0.3) is 0 Å². The fourth-order valence-electron chi connectivity index (χ4n) is 2.75. The zero-order valence-corrected chi connectivity index (χ0v) is 12.8. The van der Waals surface area contributed by atoms with E-state index in [1.165, 1.54) is 11.1 Å². The summed E-state index contributed by atoms with van der Waals surface area (Å²) in [6.45, 7) is 1.95. The van der Waals surface area contributed by atoms with E-state index in [9.17, 15) is 4.79 Å². The lowest BCUT2D eigenvalue weighted by atomic mass is 9.88. The Morgan fingerprint density at radius 3 is 2.95 bits per heavy atom. The molecule has 1 heterocycles. The standard InChI is InChI=1S/C16H19N3OS/c1-11(15-17-8-9-21-15)18-16(20)19-14-7-6-12-4-2-3-5-13(12)10-14/h2-5,8-9,11,14H,6-7,10H2,1H3,(H2,18,19,20). The topological polar surface area (TPSA) is 54.0 Å². The number of aromatic nitrogens is 1. The number of urea groups is 1. The number of carbonyl (C=O) groups excluding carboxylic acids is 1. The minimum atomic E-state index is -0.109. The number of thiazole rings is 1. The molecule has 0 radical (unpaired) electrons. The number of aryl methyl sites for hydroxylation is 1. The van der Waals surface area contributed by atoms with E-state index in [-0.39, 0.29) is 18.1 Å². The fraction of sp³-hybridized carbons (Fsp3) is 0.375. The average molecular weight is 301 g/mol. The van der Waals surface area contributed by atoms with Crippen LogP contribution in [0, 0.1) is 0 Å². The van der Waals surface area contributed by atoms with Crippen molar-refractivity contribution < 1.29 is 4.79 Å². The van der Waals surface area contributed by atoms with Crippen molar-refractivity contribution in [1.29, 1.82) is 0 Å². The first-order valence-electron chi connectivity index (χ1n) is 7.25. The second-order valence-corrected chi connectivity index (χ2v) is 6.34. The maximum Gasteiger partial charge on any atom is 0.315 e. The third-order valence-electron chi connectivity index (χ3n) is 3.85. The molecular weight excluding hydrogens is 282 g/mol. The second kappa shape index (κ2) is 6.26. The van der Waals surface area contributed by atoms with Crippen molar-refractivity contribution in [2.24, 2.45) is 0 Å². The predicted octanol–water partition coefficient (Wildman–Crippen LogP) is 3.06. The van der Waals surface area contributed by atoms with E-state index in [2.05, 4.69) is 39.9 Å². The first-order valence-corrected chi connectivity index (χ1v) is 8.13. The van der Waals surface area contributed by atoms with E-state index in [1.54, 1.807) is 17.5 Å². The molecular formula is C16H19N3OS. The minimum absolute atomic E-state index is 0.0547. The number of carbonyl (C=O) groups is 1. The van der Waals surface area contributed by atoms with Crippen LogP contribution in [0.15, 0.2) is 35.8 Å². The Bertz CT molecular complexity index is 612. The van der Waals surface area contributed by atoms with E-state index in [0.29, 0.717) is 0 Å². The van der Waals surface area contributed by atoms with Crippen molar-refractivity contribution in [3.05, 3.63) is 52.0 Å².